The molecule has 0 aliphatic heterocycles. The van der Waals surface area contributed by atoms with Gasteiger partial charge in [0.1, 0.15) is 5.75 Å². The fraction of sp³-hybridized carbons (Fsp3) is 0.250. The van der Waals surface area contributed by atoms with Gasteiger partial charge in [-0.2, -0.15) is 8.78 Å². The van der Waals surface area contributed by atoms with Crippen LogP contribution in [0.2, 0.25) is 0 Å². The molecule has 2 aromatic rings. The first-order chi connectivity index (χ1) is 10.5. The van der Waals surface area contributed by atoms with Crippen molar-refractivity contribution in [2.45, 2.75) is 13.5 Å². The van der Waals surface area contributed by atoms with Gasteiger partial charge >= 0.3 is 6.61 Å². The van der Waals surface area contributed by atoms with E-state index in [0.29, 0.717) is 4.47 Å². The number of hydrogen-bond acceptors (Lipinski definition) is 3. The van der Waals surface area contributed by atoms with Crippen LogP contribution >= 0.6 is 15.9 Å². The minimum absolute atomic E-state index is 0.0154. The van der Waals surface area contributed by atoms with Crippen LogP contribution < -0.4 is 14.2 Å². The molecule has 0 saturated carbocycles. The molecule has 0 N–H and O–H groups in total. The quantitative estimate of drug-likeness (QED) is 0.735. The van der Waals surface area contributed by atoms with Crippen molar-refractivity contribution in [3.05, 3.63) is 40.4 Å². The second kappa shape index (κ2) is 6.96. The third kappa shape index (κ3) is 3.50. The van der Waals surface area contributed by atoms with Crippen LogP contribution in [-0.2, 0) is 0 Å². The fourth-order valence-corrected chi connectivity index (χ4v) is 2.70. The summed E-state index contributed by atoms with van der Waals surface area (Å²) in [6, 6.07) is 8.82. The molecule has 0 heterocycles. The average molecular weight is 373 g/mol. The van der Waals surface area contributed by atoms with E-state index in [9.17, 15) is 8.78 Å². The summed E-state index contributed by atoms with van der Waals surface area (Å²) in [5.74, 6) is 1.01. The van der Waals surface area contributed by atoms with Crippen LogP contribution in [0, 0.1) is 6.92 Å². The van der Waals surface area contributed by atoms with Gasteiger partial charge in [-0.1, -0.05) is 22.0 Å². The maximum Gasteiger partial charge on any atom is 0.387 e. The highest BCUT2D eigenvalue weighted by atomic mass is 79.9. The van der Waals surface area contributed by atoms with Gasteiger partial charge in [0.2, 0.25) is 0 Å². The smallest absolute Gasteiger partial charge is 0.387 e. The summed E-state index contributed by atoms with van der Waals surface area (Å²) in [6.45, 7) is -0.975. The molecule has 0 bridgehead atoms. The van der Waals surface area contributed by atoms with Crippen molar-refractivity contribution in [2.75, 3.05) is 14.2 Å². The summed E-state index contributed by atoms with van der Waals surface area (Å²) in [5, 5.41) is 0. The minimum Gasteiger partial charge on any atom is -0.496 e. The molecule has 2 aromatic carbocycles. The average Bonchev–Trinajstić information content (AvgIpc) is 2.47. The van der Waals surface area contributed by atoms with Crippen molar-refractivity contribution in [2.24, 2.45) is 0 Å². The molecule has 0 fully saturated rings. The molecule has 0 radical (unpaired) electrons. The Bertz CT molecular complexity index is 675. The summed E-state index contributed by atoms with van der Waals surface area (Å²) in [5.41, 5.74) is 2.69. The van der Waals surface area contributed by atoms with Crippen LogP contribution in [0.25, 0.3) is 11.1 Å². The molecule has 0 unspecified atom stereocenters. The summed E-state index contributed by atoms with van der Waals surface area (Å²) < 4.78 is 40.3. The van der Waals surface area contributed by atoms with Crippen molar-refractivity contribution in [1.82, 2.24) is 0 Å². The Balaban J connectivity index is 2.49. The van der Waals surface area contributed by atoms with E-state index in [1.807, 2.05) is 25.1 Å². The third-order valence-electron chi connectivity index (χ3n) is 3.18. The monoisotopic (exact) mass is 372 g/mol. The SMILES string of the molecule is COc1ccc(-c2cc(OC)c(OC(F)F)cc2Br)cc1C. The highest BCUT2D eigenvalue weighted by Gasteiger charge is 2.15. The molecule has 0 aliphatic rings. The molecule has 0 amide bonds. The first-order valence-electron chi connectivity index (χ1n) is 6.43. The van der Waals surface area contributed by atoms with Crippen molar-refractivity contribution < 1.29 is 23.0 Å². The van der Waals surface area contributed by atoms with Gasteiger partial charge in [-0.05, 0) is 47.9 Å². The number of ether oxygens (including phenoxy) is 3. The number of rotatable bonds is 5. The van der Waals surface area contributed by atoms with Crippen LogP contribution in [-0.4, -0.2) is 20.8 Å². The molecule has 118 valence electrons. The van der Waals surface area contributed by atoms with Gasteiger partial charge in [0.05, 0.1) is 14.2 Å². The van der Waals surface area contributed by atoms with Crippen molar-refractivity contribution in [1.29, 1.82) is 0 Å². The Morgan fingerprint density at radius 1 is 0.955 bits per heavy atom. The Hall–Kier alpha value is -1.82. The van der Waals surface area contributed by atoms with Crippen LogP contribution in [0.15, 0.2) is 34.8 Å². The lowest BCUT2D eigenvalue weighted by Crippen LogP contribution is -2.03. The molecule has 3 nitrogen and oxygen atoms in total. The second-order valence-corrected chi connectivity index (χ2v) is 5.40. The van der Waals surface area contributed by atoms with Crippen molar-refractivity contribution >= 4 is 15.9 Å². The Kier molecular flexibility index (Phi) is 5.24. The molecule has 6 heteroatoms. The zero-order chi connectivity index (χ0) is 16.3. The van der Waals surface area contributed by atoms with Crippen LogP contribution in [0.1, 0.15) is 5.56 Å². The number of hydrogen-bond donors (Lipinski definition) is 0. The minimum atomic E-state index is -2.91. The van der Waals surface area contributed by atoms with Crippen LogP contribution in [0.5, 0.6) is 17.2 Å². The summed E-state index contributed by atoms with van der Waals surface area (Å²) in [4.78, 5) is 0. The Morgan fingerprint density at radius 2 is 1.64 bits per heavy atom. The van der Waals surface area contributed by atoms with E-state index in [2.05, 4.69) is 20.7 Å². The van der Waals surface area contributed by atoms with E-state index in [1.165, 1.54) is 13.2 Å². The zero-order valence-electron chi connectivity index (χ0n) is 12.3. The lowest BCUT2D eigenvalue weighted by atomic mass is 10.0. The van der Waals surface area contributed by atoms with Gasteiger partial charge in [0, 0.05) is 4.47 Å². The van der Waals surface area contributed by atoms with Crippen LogP contribution in [0.4, 0.5) is 8.78 Å². The predicted octanol–water partition coefficient (Wildman–Crippen LogP) is 5.04. The second-order valence-electron chi connectivity index (χ2n) is 4.55. The number of aryl methyl sites for hydroxylation is 1. The number of alkyl halides is 2. The lowest BCUT2D eigenvalue weighted by molar-refractivity contribution is -0.0512. The van der Waals surface area contributed by atoms with Gasteiger partial charge in [-0.15, -0.1) is 0 Å². The molecular weight excluding hydrogens is 358 g/mol. The summed E-state index contributed by atoms with van der Waals surface area (Å²) in [7, 11) is 3.02. The van der Waals surface area contributed by atoms with E-state index in [4.69, 9.17) is 9.47 Å². The van der Waals surface area contributed by atoms with Crippen molar-refractivity contribution in [3.63, 3.8) is 0 Å². The molecule has 0 aromatic heterocycles. The molecule has 0 saturated heterocycles. The highest BCUT2D eigenvalue weighted by Crippen LogP contribution is 2.40. The fourth-order valence-electron chi connectivity index (χ4n) is 2.15. The lowest BCUT2D eigenvalue weighted by Gasteiger charge is -2.14. The summed E-state index contributed by atoms with van der Waals surface area (Å²) >= 11 is 3.39. The highest BCUT2D eigenvalue weighted by molar-refractivity contribution is 9.10. The molecular formula is C16H15BrF2O3. The van der Waals surface area contributed by atoms with Crippen LogP contribution in [0.3, 0.4) is 0 Å². The molecule has 0 spiro atoms. The van der Waals surface area contributed by atoms with Gasteiger partial charge in [-0.25, -0.2) is 0 Å². The first kappa shape index (κ1) is 16.5. The molecule has 0 atom stereocenters. The summed E-state index contributed by atoms with van der Waals surface area (Å²) in [6.07, 6.45) is 0. The standard InChI is InChI=1S/C16H15BrF2O3/c1-9-6-10(4-5-13(9)20-2)11-7-14(21-3)15(8-12(11)17)22-16(18)19/h4-8,16H,1-3H3. The topological polar surface area (TPSA) is 27.7 Å². The largest absolute Gasteiger partial charge is 0.496 e. The van der Waals surface area contributed by atoms with E-state index in [0.717, 1.165) is 22.4 Å². The zero-order valence-corrected chi connectivity index (χ0v) is 13.9. The van der Waals surface area contributed by atoms with Gasteiger partial charge in [0.25, 0.3) is 0 Å². The van der Waals surface area contributed by atoms with E-state index in [1.54, 1.807) is 13.2 Å². The molecule has 0 aliphatic carbocycles. The number of halogens is 3. The van der Waals surface area contributed by atoms with E-state index in [-0.39, 0.29) is 11.5 Å². The van der Waals surface area contributed by atoms with E-state index < -0.39 is 6.61 Å². The van der Waals surface area contributed by atoms with Gasteiger partial charge < -0.3 is 14.2 Å². The first-order valence-corrected chi connectivity index (χ1v) is 7.23. The number of methoxy groups -OCH3 is 2. The Labute approximate surface area is 135 Å². The normalized spacial score (nSPS) is 10.7. The van der Waals surface area contributed by atoms with Gasteiger partial charge in [0.15, 0.2) is 11.5 Å². The maximum absolute atomic E-state index is 12.4. The third-order valence-corrected chi connectivity index (χ3v) is 3.83. The van der Waals surface area contributed by atoms with Crippen molar-refractivity contribution in [3.8, 4) is 28.4 Å². The van der Waals surface area contributed by atoms with E-state index >= 15 is 0 Å². The molecule has 2 rings (SSSR count). The van der Waals surface area contributed by atoms with Gasteiger partial charge in [-0.3, -0.25) is 0 Å². The number of benzene rings is 2. The maximum atomic E-state index is 12.4. The molecule has 22 heavy (non-hydrogen) atoms. The Morgan fingerprint density at radius 3 is 2.18 bits per heavy atom. The predicted molar refractivity (Wildman–Crippen MR) is 84.1 cm³/mol.